The number of aromatic nitrogens is 3. The third-order valence-corrected chi connectivity index (χ3v) is 5.82. The molecule has 3 aromatic rings. The second-order valence-corrected chi connectivity index (χ2v) is 8.27. The van der Waals surface area contributed by atoms with Crippen molar-refractivity contribution in [2.75, 3.05) is 11.1 Å². The third kappa shape index (κ3) is 6.01. The van der Waals surface area contributed by atoms with E-state index in [1.54, 1.807) is 29.8 Å². The Labute approximate surface area is 195 Å². The molecule has 31 heavy (non-hydrogen) atoms. The maximum Gasteiger partial charge on any atom is 0.271 e. The number of carbonyl (C=O) groups is 1. The minimum absolute atomic E-state index is 0.00510. The van der Waals surface area contributed by atoms with Crippen LogP contribution in [0.5, 0.6) is 5.75 Å². The fourth-order valence-corrected chi connectivity index (χ4v) is 3.73. The van der Waals surface area contributed by atoms with Gasteiger partial charge in [0, 0.05) is 24.2 Å². The van der Waals surface area contributed by atoms with E-state index in [2.05, 4.69) is 15.5 Å². The number of non-ortho nitro benzene ring substituents is 1. The van der Waals surface area contributed by atoms with Gasteiger partial charge in [0.25, 0.3) is 5.69 Å². The van der Waals surface area contributed by atoms with Gasteiger partial charge in [-0.3, -0.25) is 14.9 Å². The van der Waals surface area contributed by atoms with Crippen LogP contribution in [0.15, 0.2) is 41.6 Å². The van der Waals surface area contributed by atoms with Crippen LogP contribution in [0.1, 0.15) is 5.82 Å². The van der Waals surface area contributed by atoms with Gasteiger partial charge in [-0.1, -0.05) is 46.6 Å². The van der Waals surface area contributed by atoms with Crippen LogP contribution >= 0.6 is 46.6 Å². The molecule has 2 aromatic carbocycles. The number of anilines is 1. The molecule has 0 fully saturated rings. The fraction of sp³-hybridized carbons (Fsp3) is 0.167. The summed E-state index contributed by atoms with van der Waals surface area (Å²) in [6.45, 7) is 0.112. The summed E-state index contributed by atoms with van der Waals surface area (Å²) in [7, 11) is 1.74. The van der Waals surface area contributed by atoms with Crippen molar-refractivity contribution in [2.24, 2.45) is 7.05 Å². The van der Waals surface area contributed by atoms with E-state index in [0.717, 1.165) is 11.8 Å². The van der Waals surface area contributed by atoms with Gasteiger partial charge in [0.2, 0.25) is 5.91 Å². The van der Waals surface area contributed by atoms with Gasteiger partial charge in [-0.2, -0.15) is 0 Å². The standard InChI is InChI=1S/C18H14Cl3N5O4S/c1-25-16(8-30-15-5-2-10(19)6-13(15)21)23-24-18(25)31-9-17(27)22-14-7-11(26(28)29)3-4-12(14)20/h2-7H,8-9H2,1H3,(H,22,27). The van der Waals surface area contributed by atoms with E-state index in [0.29, 0.717) is 26.8 Å². The highest BCUT2D eigenvalue weighted by molar-refractivity contribution is 7.99. The molecule has 0 spiro atoms. The van der Waals surface area contributed by atoms with Crippen molar-refractivity contribution in [1.29, 1.82) is 0 Å². The van der Waals surface area contributed by atoms with Crippen molar-refractivity contribution in [3.05, 3.63) is 67.4 Å². The molecule has 162 valence electrons. The Bertz CT molecular complexity index is 1140. The topological polar surface area (TPSA) is 112 Å². The zero-order valence-corrected chi connectivity index (χ0v) is 18.9. The first-order valence-corrected chi connectivity index (χ1v) is 10.7. The molecule has 1 aromatic heterocycles. The van der Waals surface area contributed by atoms with Crippen LogP contribution < -0.4 is 10.1 Å². The summed E-state index contributed by atoms with van der Waals surface area (Å²) >= 11 is 19.1. The Morgan fingerprint density at radius 2 is 1.97 bits per heavy atom. The van der Waals surface area contributed by atoms with E-state index < -0.39 is 10.8 Å². The average Bonchev–Trinajstić information content (AvgIpc) is 3.07. The molecule has 1 heterocycles. The second-order valence-electron chi connectivity index (χ2n) is 6.08. The van der Waals surface area contributed by atoms with Crippen LogP contribution in [-0.4, -0.2) is 31.3 Å². The van der Waals surface area contributed by atoms with Crippen molar-refractivity contribution >= 4 is 63.8 Å². The maximum absolute atomic E-state index is 12.2. The van der Waals surface area contributed by atoms with Crippen LogP contribution in [0.25, 0.3) is 0 Å². The summed E-state index contributed by atoms with van der Waals surface area (Å²) in [5, 5.41) is 23.1. The van der Waals surface area contributed by atoms with Gasteiger partial charge in [-0.25, -0.2) is 0 Å². The van der Waals surface area contributed by atoms with Crippen LogP contribution in [0, 0.1) is 10.1 Å². The SMILES string of the molecule is Cn1c(COc2ccc(Cl)cc2Cl)nnc1SCC(=O)Nc1cc([N+](=O)[O-])ccc1Cl. The lowest BCUT2D eigenvalue weighted by molar-refractivity contribution is -0.384. The first-order valence-electron chi connectivity index (χ1n) is 8.57. The van der Waals surface area contributed by atoms with Gasteiger partial charge in [-0.15, -0.1) is 10.2 Å². The molecule has 1 amide bonds. The molecule has 0 bridgehead atoms. The number of benzene rings is 2. The van der Waals surface area contributed by atoms with E-state index in [9.17, 15) is 14.9 Å². The van der Waals surface area contributed by atoms with E-state index in [-0.39, 0.29) is 28.8 Å². The molecular weight excluding hydrogens is 489 g/mol. The highest BCUT2D eigenvalue weighted by atomic mass is 35.5. The molecule has 0 aliphatic heterocycles. The minimum atomic E-state index is -0.568. The van der Waals surface area contributed by atoms with Crippen molar-refractivity contribution in [3.8, 4) is 5.75 Å². The molecule has 0 unspecified atom stereocenters. The van der Waals surface area contributed by atoms with E-state index in [4.69, 9.17) is 39.5 Å². The van der Waals surface area contributed by atoms with Crippen LogP contribution in [0.4, 0.5) is 11.4 Å². The predicted molar refractivity (Wildman–Crippen MR) is 119 cm³/mol. The summed E-state index contributed by atoms with van der Waals surface area (Å²) < 4.78 is 7.33. The van der Waals surface area contributed by atoms with Gasteiger partial charge in [0.1, 0.15) is 12.4 Å². The van der Waals surface area contributed by atoms with Crippen LogP contribution in [0.3, 0.4) is 0 Å². The molecular formula is C18H14Cl3N5O4S. The van der Waals surface area contributed by atoms with E-state index in [1.807, 2.05) is 0 Å². The quantitative estimate of drug-likeness (QED) is 0.262. The Morgan fingerprint density at radius 3 is 2.68 bits per heavy atom. The highest BCUT2D eigenvalue weighted by Crippen LogP contribution is 2.29. The maximum atomic E-state index is 12.2. The fourth-order valence-electron chi connectivity index (χ4n) is 2.37. The van der Waals surface area contributed by atoms with Gasteiger partial charge in [0.15, 0.2) is 11.0 Å². The molecule has 0 aliphatic rings. The number of nitrogens with zero attached hydrogens (tertiary/aromatic N) is 4. The lowest BCUT2D eigenvalue weighted by Crippen LogP contribution is -2.15. The summed E-state index contributed by atoms with van der Waals surface area (Å²) in [6, 6.07) is 8.69. The number of hydrogen-bond donors (Lipinski definition) is 1. The number of hydrogen-bond acceptors (Lipinski definition) is 7. The van der Waals surface area contributed by atoms with Crippen molar-refractivity contribution < 1.29 is 14.5 Å². The van der Waals surface area contributed by atoms with Gasteiger partial charge < -0.3 is 14.6 Å². The van der Waals surface area contributed by atoms with Crippen molar-refractivity contribution in [3.63, 3.8) is 0 Å². The normalized spacial score (nSPS) is 10.7. The number of rotatable bonds is 8. The van der Waals surface area contributed by atoms with Gasteiger partial charge >= 0.3 is 0 Å². The molecule has 3 rings (SSSR count). The van der Waals surface area contributed by atoms with Gasteiger partial charge in [-0.05, 0) is 24.3 Å². The Morgan fingerprint density at radius 1 is 1.19 bits per heavy atom. The number of nitro groups is 1. The predicted octanol–water partition coefficient (Wildman–Crippen LogP) is 4.99. The molecule has 0 saturated heterocycles. The zero-order valence-electron chi connectivity index (χ0n) is 15.8. The number of halogens is 3. The Balaban J connectivity index is 1.58. The lowest BCUT2D eigenvalue weighted by atomic mass is 10.3. The molecule has 0 atom stereocenters. The second kappa shape index (κ2) is 10.2. The number of carbonyl (C=O) groups excluding carboxylic acids is 1. The van der Waals surface area contributed by atoms with E-state index in [1.165, 1.54) is 18.2 Å². The number of nitro benzene ring substituents is 1. The molecule has 13 heteroatoms. The summed E-state index contributed by atoms with van der Waals surface area (Å²) in [5.74, 6) is 0.572. The largest absolute Gasteiger partial charge is 0.484 e. The number of ether oxygens (including phenoxy) is 1. The van der Waals surface area contributed by atoms with Crippen LogP contribution in [-0.2, 0) is 18.4 Å². The molecule has 0 saturated carbocycles. The number of amides is 1. The van der Waals surface area contributed by atoms with Gasteiger partial charge in [0.05, 0.1) is 26.4 Å². The Kier molecular flexibility index (Phi) is 7.60. The molecule has 1 N–H and O–H groups in total. The van der Waals surface area contributed by atoms with Crippen LogP contribution in [0.2, 0.25) is 15.1 Å². The zero-order chi connectivity index (χ0) is 22.5. The highest BCUT2D eigenvalue weighted by Gasteiger charge is 2.15. The van der Waals surface area contributed by atoms with Crippen molar-refractivity contribution in [2.45, 2.75) is 11.8 Å². The first-order chi connectivity index (χ1) is 14.7. The summed E-state index contributed by atoms with van der Waals surface area (Å²) in [4.78, 5) is 22.6. The monoisotopic (exact) mass is 501 g/mol. The lowest BCUT2D eigenvalue weighted by Gasteiger charge is -2.09. The summed E-state index contributed by atoms with van der Waals surface area (Å²) in [6.07, 6.45) is 0. The molecule has 0 aliphatic carbocycles. The number of nitrogens with one attached hydrogen (secondary N) is 1. The molecule has 9 nitrogen and oxygen atoms in total. The average molecular weight is 503 g/mol. The molecule has 0 radical (unpaired) electrons. The summed E-state index contributed by atoms with van der Waals surface area (Å²) in [5.41, 5.74) is -0.0144. The number of thioether (sulfide) groups is 1. The van der Waals surface area contributed by atoms with Crippen molar-refractivity contribution in [1.82, 2.24) is 14.8 Å². The Hall–Kier alpha value is -2.53. The smallest absolute Gasteiger partial charge is 0.271 e. The third-order valence-electron chi connectivity index (χ3n) is 3.94. The first kappa shape index (κ1) is 23.1. The van der Waals surface area contributed by atoms with E-state index >= 15 is 0 Å². The minimum Gasteiger partial charge on any atom is -0.484 e.